The third-order valence-electron chi connectivity index (χ3n) is 4.43. The van der Waals surface area contributed by atoms with Crippen molar-refractivity contribution in [3.8, 4) is 0 Å². The van der Waals surface area contributed by atoms with Gasteiger partial charge in [-0.1, -0.05) is 0 Å². The first-order valence-corrected chi connectivity index (χ1v) is 8.72. The van der Waals surface area contributed by atoms with Crippen molar-refractivity contribution in [1.29, 1.82) is 0 Å². The predicted octanol–water partition coefficient (Wildman–Crippen LogP) is 2.17. The fourth-order valence-corrected chi connectivity index (χ4v) is 3.35. The lowest BCUT2D eigenvalue weighted by Crippen LogP contribution is -2.63. The lowest BCUT2D eigenvalue weighted by Gasteiger charge is -2.46. The Morgan fingerprint density at radius 3 is 2.70 bits per heavy atom. The molecular weight excluding hydrogens is 296 g/mol. The molecule has 4 atom stereocenters. The van der Waals surface area contributed by atoms with Crippen molar-refractivity contribution >= 4 is 6.09 Å². The summed E-state index contributed by atoms with van der Waals surface area (Å²) >= 11 is 0. The molecule has 0 aromatic carbocycles. The van der Waals surface area contributed by atoms with Gasteiger partial charge < -0.3 is 24.4 Å². The number of amides is 1. The number of rotatable bonds is 5. The van der Waals surface area contributed by atoms with Gasteiger partial charge >= 0.3 is 6.09 Å². The second-order valence-corrected chi connectivity index (χ2v) is 7.47. The van der Waals surface area contributed by atoms with Crippen LogP contribution in [0, 0.1) is 0 Å². The quantitative estimate of drug-likeness (QED) is 0.838. The van der Waals surface area contributed by atoms with Crippen molar-refractivity contribution in [2.45, 2.75) is 76.9 Å². The maximum absolute atomic E-state index is 12.2. The van der Waals surface area contributed by atoms with E-state index in [-0.39, 0.29) is 18.3 Å². The van der Waals surface area contributed by atoms with Gasteiger partial charge in [0, 0.05) is 38.9 Å². The minimum absolute atomic E-state index is 0.104. The SMILES string of the molecule is CCOC1CC(NC2CCCN(C(=O)OC(C)(C)C)C2)C1OC. The average Bonchev–Trinajstić information content (AvgIpc) is 2.45. The van der Waals surface area contributed by atoms with Gasteiger partial charge in [-0.25, -0.2) is 4.79 Å². The van der Waals surface area contributed by atoms with Gasteiger partial charge in [0.05, 0.1) is 12.2 Å². The fraction of sp³-hybridized carbons (Fsp3) is 0.941. The number of nitrogens with zero attached hydrogens (tertiary/aromatic N) is 1. The van der Waals surface area contributed by atoms with Gasteiger partial charge in [-0.3, -0.25) is 0 Å². The highest BCUT2D eigenvalue weighted by Crippen LogP contribution is 2.28. The molecule has 134 valence electrons. The van der Waals surface area contributed by atoms with Crippen LogP contribution in [0.15, 0.2) is 0 Å². The zero-order chi connectivity index (χ0) is 17.0. The normalized spacial score (nSPS) is 31.6. The maximum atomic E-state index is 12.2. The summed E-state index contributed by atoms with van der Waals surface area (Å²) in [6.45, 7) is 9.89. The number of piperidine rings is 1. The molecular formula is C17H32N2O4. The molecule has 1 heterocycles. The van der Waals surface area contributed by atoms with Crippen LogP contribution >= 0.6 is 0 Å². The Labute approximate surface area is 139 Å². The lowest BCUT2D eigenvalue weighted by atomic mass is 9.84. The van der Waals surface area contributed by atoms with Gasteiger partial charge in [0.1, 0.15) is 5.60 Å². The lowest BCUT2D eigenvalue weighted by molar-refractivity contribution is -0.134. The molecule has 2 rings (SSSR count). The van der Waals surface area contributed by atoms with E-state index < -0.39 is 5.60 Å². The molecule has 1 aliphatic carbocycles. The summed E-state index contributed by atoms with van der Waals surface area (Å²) < 4.78 is 16.7. The fourth-order valence-electron chi connectivity index (χ4n) is 3.35. The second kappa shape index (κ2) is 7.81. The van der Waals surface area contributed by atoms with Crippen molar-refractivity contribution < 1.29 is 19.0 Å². The summed E-state index contributed by atoms with van der Waals surface area (Å²) in [5, 5.41) is 3.64. The van der Waals surface area contributed by atoms with E-state index >= 15 is 0 Å². The molecule has 1 saturated heterocycles. The summed E-state index contributed by atoms with van der Waals surface area (Å²) in [6.07, 6.45) is 3.12. The first kappa shape index (κ1) is 18.5. The largest absolute Gasteiger partial charge is 0.444 e. The molecule has 1 aliphatic heterocycles. The highest BCUT2D eigenvalue weighted by Gasteiger charge is 2.43. The van der Waals surface area contributed by atoms with Gasteiger partial charge in [-0.2, -0.15) is 0 Å². The first-order chi connectivity index (χ1) is 10.8. The van der Waals surface area contributed by atoms with Crippen LogP contribution in [0.5, 0.6) is 0 Å². The minimum Gasteiger partial charge on any atom is -0.444 e. The van der Waals surface area contributed by atoms with Gasteiger partial charge in [0.2, 0.25) is 0 Å². The highest BCUT2D eigenvalue weighted by molar-refractivity contribution is 5.68. The summed E-state index contributed by atoms with van der Waals surface area (Å²) in [4.78, 5) is 14.0. The van der Waals surface area contributed by atoms with E-state index in [0.29, 0.717) is 25.2 Å². The number of methoxy groups -OCH3 is 1. The van der Waals surface area contributed by atoms with Crippen molar-refractivity contribution in [1.82, 2.24) is 10.2 Å². The molecule has 23 heavy (non-hydrogen) atoms. The van der Waals surface area contributed by atoms with E-state index in [4.69, 9.17) is 14.2 Å². The zero-order valence-corrected chi connectivity index (χ0v) is 15.1. The van der Waals surface area contributed by atoms with Gasteiger partial charge in [-0.05, 0) is 47.0 Å². The molecule has 0 bridgehead atoms. The third kappa shape index (κ3) is 5.06. The van der Waals surface area contributed by atoms with Crippen molar-refractivity contribution in [3.63, 3.8) is 0 Å². The topological polar surface area (TPSA) is 60.0 Å². The van der Waals surface area contributed by atoms with Crippen LogP contribution in [0.25, 0.3) is 0 Å². The van der Waals surface area contributed by atoms with E-state index in [2.05, 4.69) is 5.32 Å². The van der Waals surface area contributed by atoms with Gasteiger partial charge in [0.15, 0.2) is 0 Å². The van der Waals surface area contributed by atoms with Crippen LogP contribution in [0.3, 0.4) is 0 Å². The summed E-state index contributed by atoms with van der Waals surface area (Å²) in [5.41, 5.74) is -0.447. The van der Waals surface area contributed by atoms with Crippen LogP contribution in [0.2, 0.25) is 0 Å². The predicted molar refractivity (Wildman–Crippen MR) is 88.6 cm³/mol. The monoisotopic (exact) mass is 328 g/mol. The second-order valence-electron chi connectivity index (χ2n) is 7.47. The van der Waals surface area contributed by atoms with E-state index in [9.17, 15) is 4.79 Å². The Morgan fingerprint density at radius 2 is 2.09 bits per heavy atom. The third-order valence-corrected chi connectivity index (χ3v) is 4.43. The Morgan fingerprint density at radius 1 is 1.35 bits per heavy atom. The number of carbonyl (C=O) groups excluding carboxylic acids is 1. The van der Waals surface area contributed by atoms with Gasteiger partial charge in [-0.15, -0.1) is 0 Å². The Bertz CT molecular complexity index is 397. The number of ether oxygens (including phenoxy) is 3. The molecule has 1 amide bonds. The number of hydrogen-bond donors (Lipinski definition) is 1. The van der Waals surface area contributed by atoms with Crippen molar-refractivity contribution in [2.75, 3.05) is 26.8 Å². The molecule has 0 spiro atoms. The van der Waals surface area contributed by atoms with E-state index in [1.807, 2.05) is 32.6 Å². The first-order valence-electron chi connectivity index (χ1n) is 8.72. The zero-order valence-electron chi connectivity index (χ0n) is 15.1. The van der Waals surface area contributed by atoms with E-state index in [0.717, 1.165) is 25.8 Å². The molecule has 1 N–H and O–H groups in total. The standard InChI is InChI=1S/C17H32N2O4/c1-6-22-14-10-13(15(14)21-5)18-12-8-7-9-19(11-12)16(20)23-17(2,3)4/h12-15,18H,6-11H2,1-5H3. The number of likely N-dealkylation sites (tertiary alicyclic amines) is 1. The molecule has 6 heteroatoms. The Balaban J connectivity index is 1.81. The summed E-state index contributed by atoms with van der Waals surface area (Å²) in [6, 6.07) is 0.599. The Kier molecular flexibility index (Phi) is 6.28. The molecule has 0 aromatic rings. The molecule has 6 nitrogen and oxygen atoms in total. The Hall–Kier alpha value is -0.850. The van der Waals surface area contributed by atoms with E-state index in [1.54, 1.807) is 7.11 Å². The molecule has 4 unspecified atom stereocenters. The van der Waals surface area contributed by atoms with Gasteiger partial charge in [0.25, 0.3) is 0 Å². The highest BCUT2D eigenvalue weighted by atomic mass is 16.6. The van der Waals surface area contributed by atoms with Crippen LogP contribution in [0.4, 0.5) is 4.79 Å². The van der Waals surface area contributed by atoms with Crippen LogP contribution in [0.1, 0.15) is 47.0 Å². The molecule has 2 aliphatic rings. The molecule has 2 fully saturated rings. The molecule has 0 radical (unpaired) electrons. The van der Waals surface area contributed by atoms with Crippen molar-refractivity contribution in [2.24, 2.45) is 0 Å². The number of hydrogen-bond acceptors (Lipinski definition) is 5. The van der Waals surface area contributed by atoms with Crippen LogP contribution in [-0.4, -0.2) is 67.7 Å². The molecule has 1 saturated carbocycles. The number of nitrogens with one attached hydrogen (secondary N) is 1. The van der Waals surface area contributed by atoms with Crippen LogP contribution in [-0.2, 0) is 14.2 Å². The number of carbonyl (C=O) groups is 1. The summed E-state index contributed by atoms with van der Waals surface area (Å²) in [7, 11) is 1.73. The van der Waals surface area contributed by atoms with Crippen molar-refractivity contribution in [3.05, 3.63) is 0 Å². The minimum atomic E-state index is -0.447. The van der Waals surface area contributed by atoms with E-state index in [1.165, 1.54) is 0 Å². The molecule has 0 aromatic heterocycles. The smallest absolute Gasteiger partial charge is 0.410 e. The summed E-state index contributed by atoms with van der Waals surface area (Å²) in [5.74, 6) is 0. The van der Waals surface area contributed by atoms with Crippen LogP contribution < -0.4 is 5.32 Å². The average molecular weight is 328 g/mol. The maximum Gasteiger partial charge on any atom is 0.410 e.